The van der Waals surface area contributed by atoms with Crippen LogP contribution in [0.15, 0.2) is 12.2 Å². The van der Waals surface area contributed by atoms with E-state index in [2.05, 4.69) is 6.58 Å². The molecule has 3 nitrogen and oxygen atoms in total. The van der Waals surface area contributed by atoms with E-state index >= 15 is 0 Å². The molecule has 0 heterocycles. The lowest BCUT2D eigenvalue weighted by Gasteiger charge is -2.02. The van der Waals surface area contributed by atoms with Gasteiger partial charge in [0, 0.05) is 12.7 Å². The number of carbonyl (C=O) groups is 1. The predicted molar refractivity (Wildman–Crippen MR) is 62.1 cm³/mol. The molecule has 0 radical (unpaired) electrons. The van der Waals surface area contributed by atoms with E-state index in [0.717, 1.165) is 12.5 Å². The highest BCUT2D eigenvalue weighted by Crippen LogP contribution is 1.95. The summed E-state index contributed by atoms with van der Waals surface area (Å²) < 4.78 is 9.86. The zero-order chi connectivity index (χ0) is 9.40. The Kier molecular flexibility index (Phi) is 11.3. The van der Waals surface area contributed by atoms with Crippen LogP contribution in [0.25, 0.3) is 0 Å². The van der Waals surface area contributed by atoms with Crippen molar-refractivity contribution in [2.24, 2.45) is 0 Å². The molecule has 0 fully saturated rings. The highest BCUT2D eigenvalue weighted by Gasteiger charge is 2.01. The normalized spacial score (nSPS) is 9.69. The highest BCUT2D eigenvalue weighted by atomic mass is 28.2. The van der Waals surface area contributed by atoms with Gasteiger partial charge in [0.2, 0.25) is 0 Å². The van der Waals surface area contributed by atoms with Gasteiger partial charge in [0.25, 0.3) is 0 Å². The number of hydrogen-bond acceptors (Lipinski definition) is 3. The van der Waals surface area contributed by atoms with Crippen LogP contribution in [-0.2, 0) is 14.0 Å². The minimum absolute atomic E-state index is 0. The molecule has 78 valence electrons. The second-order valence-corrected chi connectivity index (χ2v) is 4.31. The summed E-state index contributed by atoms with van der Waals surface area (Å²) in [4.78, 5) is 10.8. The van der Waals surface area contributed by atoms with Gasteiger partial charge in [0.1, 0.15) is 0 Å². The van der Waals surface area contributed by atoms with Gasteiger partial charge < -0.3 is 9.16 Å². The summed E-state index contributed by atoms with van der Waals surface area (Å²) in [5.41, 5.74) is 0.457. The highest BCUT2D eigenvalue weighted by molar-refractivity contribution is 6.26. The number of ether oxygens (including phenoxy) is 1. The van der Waals surface area contributed by atoms with Crippen LogP contribution in [0, 0.1) is 0 Å². The number of esters is 1. The van der Waals surface area contributed by atoms with Crippen molar-refractivity contribution in [3.63, 3.8) is 0 Å². The Morgan fingerprint density at radius 3 is 2.62 bits per heavy atom. The van der Waals surface area contributed by atoms with Crippen molar-refractivity contribution >= 4 is 26.7 Å². The van der Waals surface area contributed by atoms with Gasteiger partial charge in [-0.1, -0.05) is 6.58 Å². The molecule has 5 heteroatoms. The lowest BCUT2D eigenvalue weighted by atomic mass is 10.4. The number of rotatable bonds is 6. The second-order valence-electron chi connectivity index (χ2n) is 2.62. The van der Waals surface area contributed by atoms with E-state index in [4.69, 9.17) is 9.16 Å². The fraction of sp³-hybridized carbons (Fsp3) is 0.625. The SMILES string of the molecule is C=C(C)C(=O)OCCC[SiH2]OC.[SiH4]. The standard InChI is InChI=1S/C8H16O3Si.H4Si/c1-7(2)8(9)11-5-4-6-12-10-3;/h1,4-6,12H2,2-3H3;1H4. The fourth-order valence-corrected chi connectivity index (χ4v) is 1.33. The Morgan fingerprint density at radius 1 is 1.54 bits per heavy atom. The minimum Gasteiger partial charge on any atom is -0.462 e. The maximum absolute atomic E-state index is 10.8. The predicted octanol–water partition coefficient (Wildman–Crippen LogP) is -0.807. The summed E-state index contributed by atoms with van der Waals surface area (Å²) in [6.07, 6.45) is 0.902. The number of carbonyl (C=O) groups excluding carboxylic acids is 1. The van der Waals surface area contributed by atoms with Gasteiger partial charge in [-0.15, -0.1) is 0 Å². The molecule has 0 saturated heterocycles. The smallest absolute Gasteiger partial charge is 0.333 e. The van der Waals surface area contributed by atoms with Crippen LogP contribution >= 0.6 is 0 Å². The van der Waals surface area contributed by atoms with Crippen molar-refractivity contribution in [1.82, 2.24) is 0 Å². The van der Waals surface area contributed by atoms with E-state index in [-0.39, 0.29) is 26.7 Å². The minimum atomic E-state index is -0.356. The molecule has 0 aromatic heterocycles. The molecule has 0 amide bonds. The third-order valence-electron chi connectivity index (χ3n) is 1.32. The van der Waals surface area contributed by atoms with E-state index in [1.54, 1.807) is 14.0 Å². The Labute approximate surface area is 86.5 Å². The molecule has 0 aromatic carbocycles. The van der Waals surface area contributed by atoms with Gasteiger partial charge in [0.15, 0.2) is 9.76 Å². The van der Waals surface area contributed by atoms with E-state index in [1.807, 2.05) is 0 Å². The molecular weight excluding hydrogens is 200 g/mol. The van der Waals surface area contributed by atoms with Gasteiger partial charge in [0.05, 0.1) is 6.61 Å². The Hall–Kier alpha value is -0.396. The molecule has 0 rings (SSSR count). The van der Waals surface area contributed by atoms with Gasteiger partial charge >= 0.3 is 5.97 Å². The Balaban J connectivity index is 0. The molecule has 0 atom stereocenters. The first kappa shape index (κ1) is 15.1. The second kappa shape index (κ2) is 9.69. The first-order valence-electron chi connectivity index (χ1n) is 4.00. The monoisotopic (exact) mass is 220 g/mol. The zero-order valence-corrected chi connectivity index (χ0v) is 9.17. The fourth-order valence-electron chi connectivity index (χ4n) is 0.637. The van der Waals surface area contributed by atoms with Crippen molar-refractivity contribution in [2.75, 3.05) is 13.7 Å². The van der Waals surface area contributed by atoms with Crippen LogP contribution in [0.2, 0.25) is 6.04 Å². The summed E-state index contributed by atoms with van der Waals surface area (Å²) in [7, 11) is 1.36. The summed E-state index contributed by atoms with van der Waals surface area (Å²) >= 11 is 0. The van der Waals surface area contributed by atoms with Crippen LogP contribution in [0.1, 0.15) is 13.3 Å². The van der Waals surface area contributed by atoms with Crippen LogP contribution in [0.4, 0.5) is 0 Å². The van der Waals surface area contributed by atoms with Crippen molar-refractivity contribution in [1.29, 1.82) is 0 Å². The van der Waals surface area contributed by atoms with Gasteiger partial charge in [-0.05, 0) is 30.4 Å². The van der Waals surface area contributed by atoms with E-state index in [0.29, 0.717) is 12.2 Å². The first-order chi connectivity index (χ1) is 5.68. The first-order valence-corrected chi connectivity index (χ1v) is 5.57. The summed E-state index contributed by atoms with van der Waals surface area (Å²) in [5, 5.41) is 0. The molecule has 0 N–H and O–H groups in total. The molecule has 13 heavy (non-hydrogen) atoms. The third kappa shape index (κ3) is 9.52. The summed E-state index contributed by atoms with van der Waals surface area (Å²) in [5.74, 6) is -0.297. The average Bonchev–Trinajstić information content (AvgIpc) is 2.03. The quantitative estimate of drug-likeness (QED) is 0.254. The molecule has 0 aliphatic heterocycles. The largest absolute Gasteiger partial charge is 0.462 e. The summed E-state index contributed by atoms with van der Waals surface area (Å²) in [6.45, 7) is 5.61. The van der Waals surface area contributed by atoms with Crippen LogP contribution in [-0.4, -0.2) is 40.4 Å². The molecule has 0 spiro atoms. The van der Waals surface area contributed by atoms with Gasteiger partial charge in [-0.25, -0.2) is 4.79 Å². The molecule has 0 aliphatic rings. The number of hydrogen-bond donors (Lipinski definition) is 0. The topological polar surface area (TPSA) is 35.5 Å². The maximum atomic E-state index is 10.8. The Morgan fingerprint density at radius 2 is 2.15 bits per heavy atom. The van der Waals surface area contributed by atoms with Crippen molar-refractivity contribution in [3.8, 4) is 0 Å². The third-order valence-corrected chi connectivity index (χ3v) is 2.52. The molecule has 0 saturated carbocycles. The van der Waals surface area contributed by atoms with E-state index in [9.17, 15) is 4.79 Å². The zero-order valence-electron chi connectivity index (χ0n) is 7.76. The van der Waals surface area contributed by atoms with Crippen molar-refractivity contribution < 1.29 is 14.0 Å². The molecule has 0 aromatic rings. The average molecular weight is 220 g/mol. The molecule has 0 aliphatic carbocycles. The van der Waals surface area contributed by atoms with Crippen LogP contribution in [0.3, 0.4) is 0 Å². The van der Waals surface area contributed by atoms with Crippen molar-refractivity contribution in [2.45, 2.75) is 19.4 Å². The van der Waals surface area contributed by atoms with Gasteiger partial charge in [-0.2, -0.15) is 0 Å². The Bertz CT molecular complexity index is 159. The van der Waals surface area contributed by atoms with E-state index in [1.165, 1.54) is 0 Å². The lowest BCUT2D eigenvalue weighted by Crippen LogP contribution is -2.07. The van der Waals surface area contributed by atoms with Gasteiger partial charge in [-0.3, -0.25) is 0 Å². The van der Waals surface area contributed by atoms with Crippen LogP contribution < -0.4 is 0 Å². The van der Waals surface area contributed by atoms with E-state index < -0.39 is 0 Å². The lowest BCUT2D eigenvalue weighted by molar-refractivity contribution is -0.138. The maximum Gasteiger partial charge on any atom is 0.333 e. The molecule has 0 bridgehead atoms. The summed E-state index contributed by atoms with van der Waals surface area (Å²) in [6, 6.07) is 1.06. The molecule has 0 unspecified atom stereocenters. The molecular formula is C8H20O3Si2. The van der Waals surface area contributed by atoms with Crippen LogP contribution in [0.5, 0.6) is 0 Å². The van der Waals surface area contributed by atoms with Crippen molar-refractivity contribution in [3.05, 3.63) is 12.2 Å².